The summed E-state index contributed by atoms with van der Waals surface area (Å²) in [6, 6.07) is 0. The van der Waals surface area contributed by atoms with E-state index in [0.717, 1.165) is 13.1 Å². The molecule has 0 aromatic rings. The topological polar surface area (TPSA) is 27.3 Å². The summed E-state index contributed by atoms with van der Waals surface area (Å²) in [6.45, 7) is 4.14. The van der Waals surface area contributed by atoms with Gasteiger partial charge in [0.2, 0.25) is 0 Å². The molecule has 54 valence electrons. The number of nitrogens with one attached hydrogen (secondary N) is 2. The smallest absolute Gasteiger partial charge is 0.0746 e. The van der Waals surface area contributed by atoms with Crippen molar-refractivity contribution in [3.8, 4) is 0 Å². The second kappa shape index (κ2) is 1.94. The van der Waals surface area contributed by atoms with E-state index in [-0.39, 0.29) is 0 Å². The first-order chi connectivity index (χ1) is 4.86. The number of hydrogen-bond acceptors (Lipinski definition) is 3. The Morgan fingerprint density at radius 2 is 2.50 bits per heavy atom. The standard InChI is InChI=1S/C7H11N3/c1-6-4-7-5-8-2-3-10(7)9-6/h4-5,8-9H,2-3H2,1H3. The van der Waals surface area contributed by atoms with Crippen LogP contribution >= 0.6 is 0 Å². The molecule has 2 aliphatic heterocycles. The molecule has 2 heterocycles. The first-order valence-corrected chi connectivity index (χ1v) is 3.52. The van der Waals surface area contributed by atoms with Crippen LogP contribution in [0.4, 0.5) is 0 Å². The minimum absolute atomic E-state index is 1.03. The predicted octanol–water partition coefficient (Wildman–Crippen LogP) is 0.155. The number of allylic oxidation sites excluding steroid dienone is 2. The van der Waals surface area contributed by atoms with Crippen LogP contribution in [-0.2, 0) is 0 Å². The lowest BCUT2D eigenvalue weighted by Gasteiger charge is -2.24. The molecule has 2 aliphatic rings. The molecule has 0 fully saturated rings. The van der Waals surface area contributed by atoms with Crippen molar-refractivity contribution in [1.82, 2.24) is 15.8 Å². The van der Waals surface area contributed by atoms with Crippen LogP contribution in [0.2, 0.25) is 0 Å². The van der Waals surface area contributed by atoms with Crippen molar-refractivity contribution >= 4 is 0 Å². The Balaban J connectivity index is 2.23. The Hall–Kier alpha value is -1.12. The van der Waals surface area contributed by atoms with Gasteiger partial charge in [0, 0.05) is 18.4 Å². The molecule has 0 radical (unpaired) electrons. The highest BCUT2D eigenvalue weighted by molar-refractivity contribution is 5.26. The maximum Gasteiger partial charge on any atom is 0.0746 e. The van der Waals surface area contributed by atoms with Crippen LogP contribution in [0.25, 0.3) is 0 Å². The molecule has 3 heteroatoms. The molecule has 0 spiro atoms. The van der Waals surface area contributed by atoms with E-state index in [2.05, 4.69) is 28.8 Å². The van der Waals surface area contributed by atoms with Crippen molar-refractivity contribution in [3.63, 3.8) is 0 Å². The highest BCUT2D eigenvalue weighted by Crippen LogP contribution is 2.14. The van der Waals surface area contributed by atoms with E-state index < -0.39 is 0 Å². The lowest BCUT2D eigenvalue weighted by molar-refractivity contribution is 0.291. The molecule has 0 bridgehead atoms. The highest BCUT2D eigenvalue weighted by Gasteiger charge is 2.16. The molecule has 0 aromatic carbocycles. The molecule has 2 rings (SSSR count). The van der Waals surface area contributed by atoms with Crippen molar-refractivity contribution in [2.24, 2.45) is 0 Å². The fourth-order valence-corrected chi connectivity index (χ4v) is 1.27. The van der Waals surface area contributed by atoms with Gasteiger partial charge in [-0.05, 0) is 13.0 Å². The SMILES string of the molecule is CC1=CC2=CNCCN2N1. The quantitative estimate of drug-likeness (QED) is 0.498. The largest absolute Gasteiger partial charge is 0.387 e. The number of nitrogens with zero attached hydrogens (tertiary/aromatic N) is 1. The molecular weight excluding hydrogens is 126 g/mol. The Labute approximate surface area is 60.4 Å². The van der Waals surface area contributed by atoms with Crippen LogP contribution in [0.5, 0.6) is 0 Å². The van der Waals surface area contributed by atoms with Crippen LogP contribution in [0.1, 0.15) is 6.92 Å². The van der Waals surface area contributed by atoms with Crippen molar-refractivity contribution in [2.75, 3.05) is 13.1 Å². The Morgan fingerprint density at radius 1 is 1.60 bits per heavy atom. The molecule has 0 amide bonds. The molecule has 0 saturated heterocycles. The first kappa shape index (κ1) is 5.65. The van der Waals surface area contributed by atoms with Crippen LogP contribution < -0.4 is 10.7 Å². The predicted molar refractivity (Wildman–Crippen MR) is 39.7 cm³/mol. The lowest BCUT2D eigenvalue weighted by Crippen LogP contribution is -2.39. The van der Waals surface area contributed by atoms with Crippen LogP contribution in [0.3, 0.4) is 0 Å². The maximum atomic E-state index is 3.24. The zero-order valence-corrected chi connectivity index (χ0v) is 6.02. The normalized spacial score (nSPS) is 22.3. The van der Waals surface area contributed by atoms with Gasteiger partial charge in [-0.2, -0.15) is 0 Å². The van der Waals surface area contributed by atoms with E-state index in [1.54, 1.807) is 0 Å². The molecule has 0 aliphatic carbocycles. The molecular formula is C7H11N3. The molecule has 0 saturated carbocycles. The third kappa shape index (κ3) is 0.744. The second-order valence-electron chi connectivity index (χ2n) is 2.61. The third-order valence-electron chi connectivity index (χ3n) is 1.72. The average molecular weight is 137 g/mol. The Kier molecular flexibility index (Phi) is 1.09. The van der Waals surface area contributed by atoms with E-state index in [4.69, 9.17) is 0 Å². The van der Waals surface area contributed by atoms with E-state index in [0.29, 0.717) is 0 Å². The molecule has 3 nitrogen and oxygen atoms in total. The summed E-state index contributed by atoms with van der Waals surface area (Å²) < 4.78 is 0. The van der Waals surface area contributed by atoms with Gasteiger partial charge >= 0.3 is 0 Å². The lowest BCUT2D eigenvalue weighted by atomic mass is 10.3. The van der Waals surface area contributed by atoms with Crippen molar-refractivity contribution < 1.29 is 0 Å². The minimum Gasteiger partial charge on any atom is -0.387 e. The van der Waals surface area contributed by atoms with Gasteiger partial charge in [-0.25, -0.2) is 0 Å². The van der Waals surface area contributed by atoms with E-state index in [9.17, 15) is 0 Å². The van der Waals surface area contributed by atoms with Gasteiger partial charge in [-0.15, -0.1) is 0 Å². The van der Waals surface area contributed by atoms with Gasteiger partial charge in [-0.3, -0.25) is 5.01 Å². The molecule has 0 unspecified atom stereocenters. The summed E-state index contributed by atoms with van der Waals surface area (Å²) in [7, 11) is 0. The molecule has 10 heavy (non-hydrogen) atoms. The number of fused-ring (bicyclic) bond motifs is 1. The number of hydrogen-bond donors (Lipinski definition) is 2. The summed E-state index contributed by atoms with van der Waals surface area (Å²) >= 11 is 0. The van der Waals surface area contributed by atoms with Gasteiger partial charge in [0.05, 0.1) is 12.2 Å². The van der Waals surface area contributed by atoms with Crippen molar-refractivity contribution in [1.29, 1.82) is 0 Å². The van der Waals surface area contributed by atoms with E-state index in [1.807, 2.05) is 6.20 Å². The van der Waals surface area contributed by atoms with E-state index in [1.165, 1.54) is 11.4 Å². The minimum atomic E-state index is 1.03. The van der Waals surface area contributed by atoms with Gasteiger partial charge in [0.1, 0.15) is 0 Å². The summed E-state index contributed by atoms with van der Waals surface area (Å²) in [4.78, 5) is 0. The van der Waals surface area contributed by atoms with Gasteiger partial charge in [0.15, 0.2) is 0 Å². The molecule has 0 atom stereocenters. The Bertz CT molecular complexity index is 205. The zero-order valence-electron chi connectivity index (χ0n) is 6.02. The van der Waals surface area contributed by atoms with Gasteiger partial charge in [-0.1, -0.05) is 0 Å². The summed E-state index contributed by atoms with van der Waals surface area (Å²) in [5.74, 6) is 0. The number of hydrazine groups is 1. The summed E-state index contributed by atoms with van der Waals surface area (Å²) in [5, 5.41) is 5.33. The second-order valence-corrected chi connectivity index (χ2v) is 2.61. The Morgan fingerprint density at radius 3 is 3.30 bits per heavy atom. The molecule has 2 N–H and O–H groups in total. The van der Waals surface area contributed by atoms with Crippen LogP contribution in [0, 0.1) is 0 Å². The maximum absolute atomic E-state index is 3.24. The monoisotopic (exact) mass is 137 g/mol. The third-order valence-corrected chi connectivity index (χ3v) is 1.72. The average Bonchev–Trinajstić information content (AvgIpc) is 2.27. The first-order valence-electron chi connectivity index (χ1n) is 3.52. The van der Waals surface area contributed by atoms with Crippen LogP contribution in [-0.4, -0.2) is 18.1 Å². The van der Waals surface area contributed by atoms with E-state index >= 15 is 0 Å². The summed E-state index contributed by atoms with van der Waals surface area (Å²) in [5.41, 5.74) is 5.70. The summed E-state index contributed by atoms with van der Waals surface area (Å²) in [6.07, 6.45) is 4.17. The fourth-order valence-electron chi connectivity index (χ4n) is 1.27. The zero-order chi connectivity index (χ0) is 6.97. The van der Waals surface area contributed by atoms with Crippen LogP contribution in [0.15, 0.2) is 23.7 Å². The number of rotatable bonds is 0. The molecule has 0 aromatic heterocycles. The van der Waals surface area contributed by atoms with Gasteiger partial charge < -0.3 is 10.7 Å². The van der Waals surface area contributed by atoms with Crippen molar-refractivity contribution in [3.05, 3.63) is 23.7 Å². The fraction of sp³-hybridized carbons (Fsp3) is 0.429. The van der Waals surface area contributed by atoms with Crippen molar-refractivity contribution in [2.45, 2.75) is 6.92 Å². The van der Waals surface area contributed by atoms with Gasteiger partial charge in [0.25, 0.3) is 0 Å². The highest BCUT2D eigenvalue weighted by atomic mass is 15.5.